The van der Waals surface area contributed by atoms with E-state index in [1.807, 2.05) is 26.0 Å². The molecule has 1 N–H and O–H groups in total. The van der Waals surface area contributed by atoms with Crippen molar-refractivity contribution in [3.05, 3.63) is 39.2 Å². The van der Waals surface area contributed by atoms with E-state index in [1.165, 1.54) is 4.57 Å². The Balaban J connectivity index is 1.71. The van der Waals surface area contributed by atoms with E-state index in [2.05, 4.69) is 31.8 Å². The van der Waals surface area contributed by atoms with Gasteiger partial charge in [0, 0.05) is 44.5 Å². The number of imidazole rings is 1. The van der Waals surface area contributed by atoms with Gasteiger partial charge < -0.3 is 14.8 Å². The number of fused-ring (bicyclic) bond motifs is 1. The fourth-order valence-corrected chi connectivity index (χ4v) is 4.14. The van der Waals surface area contributed by atoms with Crippen LogP contribution in [0.1, 0.15) is 33.1 Å². The molecule has 4 heterocycles. The van der Waals surface area contributed by atoms with Crippen molar-refractivity contribution >= 4 is 17.0 Å². The Bertz CT molecular complexity index is 1160. The van der Waals surface area contributed by atoms with Crippen molar-refractivity contribution in [3.63, 3.8) is 0 Å². The molecule has 1 aliphatic heterocycles. The molecule has 4 rings (SSSR count). The van der Waals surface area contributed by atoms with Crippen molar-refractivity contribution in [1.29, 1.82) is 0 Å². The molecule has 0 saturated carbocycles. The van der Waals surface area contributed by atoms with E-state index in [0.717, 1.165) is 50.4 Å². The Morgan fingerprint density at radius 1 is 1.00 bits per heavy atom. The molecule has 0 bridgehead atoms. The summed E-state index contributed by atoms with van der Waals surface area (Å²) in [4.78, 5) is 42.8. The van der Waals surface area contributed by atoms with Crippen LogP contribution in [0.25, 0.3) is 22.6 Å². The summed E-state index contributed by atoms with van der Waals surface area (Å²) in [7, 11) is 2.15. The first-order chi connectivity index (χ1) is 15.0. The van der Waals surface area contributed by atoms with Gasteiger partial charge in [0.2, 0.25) is 0 Å². The molecule has 31 heavy (non-hydrogen) atoms. The third-order valence-electron chi connectivity index (χ3n) is 5.82. The normalized spacial score (nSPS) is 15.5. The number of aromatic nitrogens is 5. The molecule has 0 atom stereocenters. The molecule has 3 aromatic rings. The summed E-state index contributed by atoms with van der Waals surface area (Å²) in [5, 5.41) is 0. The molecule has 1 fully saturated rings. The maximum atomic E-state index is 12.9. The first kappa shape index (κ1) is 21.3. The van der Waals surface area contributed by atoms with Crippen molar-refractivity contribution in [1.82, 2.24) is 29.0 Å². The van der Waals surface area contributed by atoms with Crippen LogP contribution in [0.2, 0.25) is 0 Å². The second kappa shape index (κ2) is 9.05. The molecule has 9 nitrogen and oxygen atoms in total. The highest BCUT2D eigenvalue weighted by molar-refractivity contribution is 5.75. The van der Waals surface area contributed by atoms with Gasteiger partial charge in [-0.1, -0.05) is 13.8 Å². The van der Waals surface area contributed by atoms with Gasteiger partial charge in [-0.05, 0) is 45.0 Å². The van der Waals surface area contributed by atoms with Gasteiger partial charge in [0.15, 0.2) is 5.65 Å². The molecule has 0 unspecified atom stereocenters. The molecule has 0 aliphatic carbocycles. The Kier molecular flexibility index (Phi) is 6.22. The molecular formula is C22H31N7O2. The summed E-state index contributed by atoms with van der Waals surface area (Å²) in [6.45, 7) is 8.93. The molecule has 0 amide bonds. The minimum absolute atomic E-state index is 0.293. The van der Waals surface area contributed by atoms with Gasteiger partial charge in [-0.3, -0.25) is 13.9 Å². The van der Waals surface area contributed by atoms with Gasteiger partial charge in [0.25, 0.3) is 5.56 Å². The van der Waals surface area contributed by atoms with Gasteiger partial charge in [-0.25, -0.2) is 14.8 Å². The van der Waals surface area contributed by atoms with Crippen molar-refractivity contribution in [2.45, 2.75) is 46.2 Å². The number of rotatable bonds is 6. The number of nitrogens with one attached hydrogen (secondary N) is 1. The summed E-state index contributed by atoms with van der Waals surface area (Å²) >= 11 is 0. The third-order valence-corrected chi connectivity index (χ3v) is 5.82. The van der Waals surface area contributed by atoms with E-state index in [-0.39, 0.29) is 11.2 Å². The Hall–Kier alpha value is -2.94. The zero-order valence-electron chi connectivity index (χ0n) is 18.6. The SMILES string of the molecule is CCCn1c(=O)c2[nH]c(-c3ccc(N4CCCN(C)CC4)nc3)nc2n(CCC)c1=O. The maximum Gasteiger partial charge on any atom is 0.332 e. The quantitative estimate of drug-likeness (QED) is 0.649. The van der Waals surface area contributed by atoms with E-state index < -0.39 is 0 Å². The number of aryl methyl sites for hydroxylation is 1. The number of aromatic amines is 1. The van der Waals surface area contributed by atoms with E-state index in [0.29, 0.717) is 36.5 Å². The van der Waals surface area contributed by atoms with Crippen LogP contribution in [-0.4, -0.2) is 62.2 Å². The summed E-state index contributed by atoms with van der Waals surface area (Å²) in [5.74, 6) is 1.50. The number of likely N-dealkylation sites (N-methyl/N-ethyl adjacent to an activating group) is 1. The fourth-order valence-electron chi connectivity index (χ4n) is 4.14. The molecule has 1 saturated heterocycles. The lowest BCUT2D eigenvalue weighted by Gasteiger charge is -2.21. The highest BCUT2D eigenvalue weighted by atomic mass is 16.2. The summed E-state index contributed by atoms with van der Waals surface area (Å²) < 4.78 is 2.90. The smallest absolute Gasteiger partial charge is 0.332 e. The maximum absolute atomic E-state index is 12.9. The number of hydrogen-bond acceptors (Lipinski definition) is 6. The highest BCUT2D eigenvalue weighted by Crippen LogP contribution is 2.21. The van der Waals surface area contributed by atoms with Crippen LogP contribution in [0.4, 0.5) is 5.82 Å². The predicted octanol–water partition coefficient (Wildman–Crippen LogP) is 1.91. The Morgan fingerprint density at radius 3 is 2.48 bits per heavy atom. The second-order valence-corrected chi connectivity index (χ2v) is 8.22. The number of H-pyrrole nitrogens is 1. The predicted molar refractivity (Wildman–Crippen MR) is 123 cm³/mol. The highest BCUT2D eigenvalue weighted by Gasteiger charge is 2.18. The third kappa shape index (κ3) is 4.14. The fraction of sp³-hybridized carbons (Fsp3) is 0.545. The van der Waals surface area contributed by atoms with Gasteiger partial charge in [0.1, 0.15) is 17.2 Å². The first-order valence-corrected chi connectivity index (χ1v) is 11.2. The topological polar surface area (TPSA) is 92.1 Å². The van der Waals surface area contributed by atoms with Crippen molar-refractivity contribution in [2.75, 3.05) is 38.1 Å². The molecule has 1 aliphatic rings. The van der Waals surface area contributed by atoms with E-state index >= 15 is 0 Å². The van der Waals surface area contributed by atoms with Crippen molar-refractivity contribution < 1.29 is 0 Å². The number of anilines is 1. The van der Waals surface area contributed by atoms with E-state index in [1.54, 1.807) is 10.8 Å². The monoisotopic (exact) mass is 425 g/mol. The molecule has 0 spiro atoms. The van der Waals surface area contributed by atoms with Crippen LogP contribution in [0, 0.1) is 0 Å². The number of pyridine rings is 1. The molecule has 0 aromatic carbocycles. The molecule has 0 radical (unpaired) electrons. The molecule has 3 aromatic heterocycles. The molecular weight excluding hydrogens is 394 g/mol. The largest absolute Gasteiger partial charge is 0.355 e. The minimum Gasteiger partial charge on any atom is -0.355 e. The number of hydrogen-bond donors (Lipinski definition) is 1. The van der Waals surface area contributed by atoms with Crippen molar-refractivity contribution in [2.24, 2.45) is 0 Å². The molecule has 9 heteroatoms. The standard InChI is InChI=1S/C22H31N7O2/c1-4-9-28-20-18(21(30)29(10-5-2)22(28)31)24-19(25-20)16-7-8-17(23-15-16)27-12-6-11-26(3)13-14-27/h7-8,15H,4-6,9-14H2,1-3H3,(H,24,25). The zero-order chi connectivity index (χ0) is 22.0. The van der Waals surface area contributed by atoms with Crippen LogP contribution in [-0.2, 0) is 13.1 Å². The van der Waals surface area contributed by atoms with Crippen LogP contribution < -0.4 is 16.1 Å². The lowest BCUT2D eigenvalue weighted by atomic mass is 10.2. The van der Waals surface area contributed by atoms with Gasteiger partial charge in [-0.15, -0.1) is 0 Å². The van der Waals surface area contributed by atoms with Crippen molar-refractivity contribution in [3.8, 4) is 11.4 Å². The summed E-state index contributed by atoms with van der Waals surface area (Å²) in [5.41, 5.74) is 0.976. The van der Waals surface area contributed by atoms with Gasteiger partial charge >= 0.3 is 5.69 Å². The molecule has 166 valence electrons. The Labute approximate surface area is 181 Å². The average Bonchev–Trinajstić information content (AvgIpc) is 3.10. The van der Waals surface area contributed by atoms with Gasteiger partial charge in [-0.2, -0.15) is 0 Å². The van der Waals surface area contributed by atoms with Crippen LogP contribution in [0.15, 0.2) is 27.9 Å². The second-order valence-electron chi connectivity index (χ2n) is 8.22. The zero-order valence-corrected chi connectivity index (χ0v) is 18.6. The lowest BCUT2D eigenvalue weighted by molar-refractivity contribution is 0.360. The summed E-state index contributed by atoms with van der Waals surface area (Å²) in [6, 6.07) is 3.98. The van der Waals surface area contributed by atoms with Crippen LogP contribution >= 0.6 is 0 Å². The lowest BCUT2D eigenvalue weighted by Crippen LogP contribution is -2.40. The Morgan fingerprint density at radius 2 is 1.77 bits per heavy atom. The van der Waals surface area contributed by atoms with E-state index in [9.17, 15) is 9.59 Å². The minimum atomic E-state index is -0.314. The van der Waals surface area contributed by atoms with E-state index in [4.69, 9.17) is 0 Å². The van der Waals surface area contributed by atoms with Gasteiger partial charge in [0.05, 0.1) is 0 Å². The average molecular weight is 426 g/mol. The number of nitrogens with zero attached hydrogens (tertiary/aromatic N) is 6. The van der Waals surface area contributed by atoms with Crippen LogP contribution in [0.3, 0.4) is 0 Å². The van der Waals surface area contributed by atoms with Crippen LogP contribution in [0.5, 0.6) is 0 Å². The summed E-state index contributed by atoms with van der Waals surface area (Å²) in [6.07, 6.45) is 4.39. The first-order valence-electron chi connectivity index (χ1n) is 11.2.